The highest BCUT2D eigenvalue weighted by molar-refractivity contribution is 5.80. The first-order chi connectivity index (χ1) is 54.6. The van der Waals surface area contributed by atoms with Crippen molar-refractivity contribution in [2.75, 3.05) is 59.5 Å². The van der Waals surface area contributed by atoms with Gasteiger partial charge >= 0.3 is 5.97 Å². The first-order valence-electron chi connectivity index (χ1n) is 40.0. The number of esters is 1. The molecule has 8 heterocycles. The van der Waals surface area contributed by atoms with Crippen LogP contribution in [0.25, 0.3) is 0 Å². The van der Waals surface area contributed by atoms with E-state index < -0.39 is 336 Å². The Balaban J connectivity index is 0.756. The molecule has 0 aromatic heterocycles. The van der Waals surface area contributed by atoms with Crippen LogP contribution < -0.4 is 5.32 Å². The molecule has 8 saturated heterocycles. The van der Waals surface area contributed by atoms with Gasteiger partial charge < -0.3 is 193 Å². The molecule has 8 aliphatic heterocycles. The van der Waals surface area contributed by atoms with Crippen LogP contribution in [-0.4, -0.2) is 406 Å². The number of nitrogens with one attached hydrogen (secondary N) is 1. The van der Waals surface area contributed by atoms with Crippen LogP contribution in [0.5, 0.6) is 0 Å². The van der Waals surface area contributed by atoms with Gasteiger partial charge in [0.05, 0.1) is 82.6 Å². The van der Waals surface area contributed by atoms with E-state index in [-0.39, 0.29) is 25.2 Å². The first-order valence-corrected chi connectivity index (χ1v) is 40.0. The molecule has 0 aromatic carbocycles. The fourth-order valence-electron chi connectivity index (χ4n) is 21.4. The number of aliphatic hydroxyl groups is 21. The molecule has 21 unspecified atom stereocenters. The Labute approximate surface area is 667 Å². The zero-order valence-corrected chi connectivity index (χ0v) is 65.5. The van der Waals surface area contributed by atoms with Crippen molar-refractivity contribution in [1.82, 2.24) is 5.32 Å². The molecule has 41 heteroatoms. The van der Waals surface area contributed by atoms with Crippen molar-refractivity contribution >= 4 is 18.2 Å². The van der Waals surface area contributed by atoms with Crippen molar-refractivity contribution in [2.24, 2.45) is 50.2 Å². The van der Waals surface area contributed by atoms with E-state index in [0.717, 1.165) is 11.9 Å². The number of aliphatic hydroxyl groups excluding tert-OH is 20. The summed E-state index contributed by atoms with van der Waals surface area (Å²) in [5.74, 6) is -3.49. The van der Waals surface area contributed by atoms with E-state index in [0.29, 0.717) is 38.5 Å². The average molecular weight is 1670 g/mol. The summed E-state index contributed by atoms with van der Waals surface area (Å²) in [6.45, 7) is 7.01. The molecular formula is C75H119NO40. The standard InChI is InChI=1S/C75H119NO40/c1-28-54(111-62-53(97)55(32(83)22-102-62)112-67-59(98)74(100,26-81)27-105-67)48(92)52(96)63(106-28)114-57-46(90)42(76-41(86)24-104-60-50(94)45(89)36(20-79)108-60)34(18-77)107-66(57)116-68(99)75-15-14-69(2,3)16-30(75)29-8-9-38-70(4)12-11-40(71(5,25-80)37(70)10-13-72(38,6)73(29,7)17-39(75)85)110-65-58(115-64-51(95)47(91)44(88)35(19-78)109-64)56(33(84)23-103-65)113-61-49(93)43(87)31(82)21-101-61/h8,25,28,30-40,42-67,77-79,81-85,87-98,100H,9-24,26-27H2,1-7H3,(H,76,86)/t28?,30?,31-,32-,33-,34-,35?,36?,37-,38?,39+,40+,42+,43+,44+,45?,46?,47+,48?,49?,50?,51?,52?,53?,54+,55?,56+,57?,58?,59?,60-,61+,62+,63+,64+,65+,66+,67+,70?,71?,72?,73?,74+,75-/m1/s1. The van der Waals surface area contributed by atoms with Crippen LogP contribution in [0.4, 0.5) is 0 Å². The number of amides is 1. The van der Waals surface area contributed by atoms with Gasteiger partial charge in [-0.15, -0.1) is 0 Å². The van der Waals surface area contributed by atoms with Gasteiger partial charge in [-0.25, -0.2) is 0 Å². The van der Waals surface area contributed by atoms with Gasteiger partial charge in [0.1, 0.15) is 158 Å². The number of carbonyl (C=O) groups excluding carboxylic acids is 3. The highest BCUT2D eigenvalue weighted by Gasteiger charge is 2.73. The second kappa shape index (κ2) is 34.8. The van der Waals surface area contributed by atoms with Crippen LogP contribution in [0.2, 0.25) is 0 Å². The van der Waals surface area contributed by atoms with Crippen LogP contribution >= 0.6 is 0 Å². The van der Waals surface area contributed by atoms with E-state index in [4.69, 9.17) is 75.8 Å². The lowest BCUT2D eigenvalue weighted by Crippen LogP contribution is -2.70. The Morgan fingerprint density at radius 2 is 1.08 bits per heavy atom. The second-order valence-corrected chi connectivity index (χ2v) is 35.9. The maximum Gasteiger partial charge on any atom is 0.317 e. The minimum Gasteiger partial charge on any atom is -0.432 e. The molecule has 22 N–H and O–H groups in total. The Bertz CT molecular complexity index is 3410. The zero-order chi connectivity index (χ0) is 84.3. The fourth-order valence-corrected chi connectivity index (χ4v) is 21.4. The van der Waals surface area contributed by atoms with Gasteiger partial charge in [0.25, 0.3) is 0 Å². The van der Waals surface area contributed by atoms with Crippen molar-refractivity contribution in [3.8, 4) is 0 Å². The highest BCUT2D eigenvalue weighted by atomic mass is 16.8. The normalized spacial score (nSPS) is 53.5. The van der Waals surface area contributed by atoms with Gasteiger partial charge in [-0.3, -0.25) is 9.59 Å². The minimum absolute atomic E-state index is 0.0148. The SMILES string of the molecule is CC1O[C@@H](OC2C(O)[C@@H](NC(=O)CO[C@@H]3OC(CO)C(O)C3O)[C@@H](CO)O[C@H]2OC(=O)[C@]23CCC(C)(C)CC2C2=CCC4C5(C)CC[C@H](O[C@@H]6OC[C@@H](O)[C@H](O[C@@H]7OC[C@@H](O)[C@H](O)C7O)C6O[C@@H]6OC(CO)[C@H](O)[C@H](O)C6O)C(C)(C=O)[C@@H]5CCC4(C)C2(C)C[C@@H]3O)C(O)C(O)[C@H]1O[C@@H]1OC[C@@H](O)C(O[C@@H]2OC[C@@](O)(CO)C2O)C1O. The summed E-state index contributed by atoms with van der Waals surface area (Å²) < 4.78 is 95.4. The molecule has 12 fully saturated rings. The Morgan fingerprint density at radius 3 is 1.73 bits per heavy atom. The quantitative estimate of drug-likeness (QED) is 0.0195. The van der Waals surface area contributed by atoms with Crippen LogP contribution in [0.1, 0.15) is 106 Å². The molecular weight excluding hydrogens is 1550 g/mol. The van der Waals surface area contributed by atoms with E-state index in [1.807, 2.05) is 13.8 Å². The molecule has 13 rings (SSSR count). The summed E-state index contributed by atoms with van der Waals surface area (Å²) in [5, 5.41) is 234. The lowest BCUT2D eigenvalue weighted by atomic mass is 9.33. The van der Waals surface area contributed by atoms with E-state index in [9.17, 15) is 117 Å². The summed E-state index contributed by atoms with van der Waals surface area (Å²) >= 11 is 0. The summed E-state index contributed by atoms with van der Waals surface area (Å²) in [5.41, 5.74) is -7.12. The topological polar surface area (TPSA) is 636 Å². The third-order valence-corrected chi connectivity index (χ3v) is 28.5. The van der Waals surface area contributed by atoms with Gasteiger partial charge in [-0.1, -0.05) is 53.2 Å². The average Bonchev–Trinajstić information content (AvgIpc) is 0.746. The van der Waals surface area contributed by atoms with Crippen molar-refractivity contribution in [3.63, 3.8) is 0 Å². The molecule has 4 saturated carbocycles. The van der Waals surface area contributed by atoms with Gasteiger partial charge in [0.2, 0.25) is 12.2 Å². The Morgan fingerprint density at radius 1 is 0.517 bits per heavy atom. The molecule has 116 heavy (non-hydrogen) atoms. The largest absolute Gasteiger partial charge is 0.432 e. The molecule has 44 atom stereocenters. The predicted octanol–water partition coefficient (Wildman–Crippen LogP) is -9.25. The van der Waals surface area contributed by atoms with Crippen LogP contribution in [0, 0.1) is 50.2 Å². The van der Waals surface area contributed by atoms with E-state index >= 15 is 4.79 Å². The maximum atomic E-state index is 16.1. The molecule has 1 amide bonds. The third-order valence-electron chi connectivity index (χ3n) is 28.5. The number of ether oxygens (including phenoxy) is 16. The number of fused-ring (bicyclic) bond motifs is 7. The van der Waals surface area contributed by atoms with Gasteiger partial charge in [-0.2, -0.15) is 0 Å². The molecule has 0 radical (unpaired) electrons. The Kier molecular flexibility index (Phi) is 27.2. The van der Waals surface area contributed by atoms with Gasteiger partial charge in [0, 0.05) is 0 Å². The molecule has 0 spiro atoms. The number of carbonyl (C=O) groups is 3. The van der Waals surface area contributed by atoms with Gasteiger partial charge in [0.15, 0.2) is 50.1 Å². The summed E-state index contributed by atoms with van der Waals surface area (Å²) in [6, 6.07) is -1.72. The van der Waals surface area contributed by atoms with E-state index in [1.165, 1.54) is 6.92 Å². The summed E-state index contributed by atoms with van der Waals surface area (Å²) in [7, 11) is 0. The van der Waals surface area contributed by atoms with Crippen LogP contribution in [-0.2, 0) is 90.2 Å². The molecule has 41 nitrogen and oxygen atoms in total. The smallest absolute Gasteiger partial charge is 0.317 e. The second-order valence-electron chi connectivity index (χ2n) is 35.9. The van der Waals surface area contributed by atoms with Crippen LogP contribution in [0.15, 0.2) is 11.6 Å². The Hall–Kier alpha value is -3.09. The summed E-state index contributed by atoms with van der Waals surface area (Å²) in [6.07, 6.45) is -53.1. The zero-order valence-electron chi connectivity index (χ0n) is 65.5. The number of rotatable bonds is 23. The van der Waals surface area contributed by atoms with Crippen molar-refractivity contribution < 1.29 is 197 Å². The third kappa shape index (κ3) is 15.9. The number of hydrogen-bond donors (Lipinski definition) is 22. The predicted molar refractivity (Wildman–Crippen MR) is 377 cm³/mol. The molecule has 5 aliphatic carbocycles. The van der Waals surface area contributed by atoms with E-state index in [1.54, 1.807) is 6.92 Å². The maximum absolute atomic E-state index is 16.1. The van der Waals surface area contributed by atoms with Crippen molar-refractivity contribution in [1.29, 1.82) is 0 Å². The monoisotopic (exact) mass is 1670 g/mol. The lowest BCUT2D eigenvalue weighted by molar-refractivity contribution is -0.384. The molecule has 0 bridgehead atoms. The van der Waals surface area contributed by atoms with Gasteiger partial charge in [-0.05, 0) is 104 Å². The summed E-state index contributed by atoms with van der Waals surface area (Å²) in [4.78, 5) is 44.2. The molecule has 0 aromatic rings. The molecule has 664 valence electrons. The fraction of sp³-hybridized carbons (Fsp3) is 0.933. The van der Waals surface area contributed by atoms with Crippen LogP contribution in [0.3, 0.4) is 0 Å². The number of allylic oxidation sites excluding steroid dienone is 2. The number of aldehydes is 1. The lowest BCUT2D eigenvalue weighted by Gasteiger charge is -2.71. The van der Waals surface area contributed by atoms with Crippen molar-refractivity contribution in [2.45, 2.75) is 327 Å². The van der Waals surface area contributed by atoms with Crippen molar-refractivity contribution in [3.05, 3.63) is 11.6 Å². The number of hydrogen-bond acceptors (Lipinski definition) is 40. The highest BCUT2D eigenvalue weighted by Crippen LogP contribution is 2.76. The van der Waals surface area contributed by atoms with E-state index in [2.05, 4.69) is 32.2 Å². The first kappa shape index (κ1) is 90.6. The molecule has 13 aliphatic rings. The minimum atomic E-state index is -2.18.